The van der Waals surface area contributed by atoms with Gasteiger partial charge in [0.05, 0.1) is 17.8 Å². The predicted molar refractivity (Wildman–Crippen MR) is 88.3 cm³/mol. The van der Waals surface area contributed by atoms with E-state index in [0.717, 1.165) is 35.6 Å². The molecule has 5 nitrogen and oxygen atoms in total. The average molecular weight is 300 g/mol. The highest BCUT2D eigenvalue weighted by atomic mass is 16.1. The molecular weight excluding hydrogens is 276 g/mol. The lowest BCUT2D eigenvalue weighted by Crippen LogP contribution is -2.28. The van der Waals surface area contributed by atoms with Crippen molar-refractivity contribution in [2.45, 2.75) is 26.7 Å². The standard InChI is InChI=1S/C17H24N4O/c1-13-16(12-17(22)19-11-7-10-18-3)14(2)21(20-13)15-8-5-4-6-9-15/h4-6,8-9,18H,7,10-12H2,1-3H3,(H,19,22). The number of aromatic nitrogens is 2. The SMILES string of the molecule is CNCCCNC(=O)Cc1c(C)nn(-c2ccccc2)c1C. The fourth-order valence-electron chi connectivity index (χ4n) is 2.47. The van der Waals surface area contributed by atoms with Gasteiger partial charge < -0.3 is 10.6 Å². The van der Waals surface area contributed by atoms with E-state index in [9.17, 15) is 4.79 Å². The van der Waals surface area contributed by atoms with E-state index in [1.165, 1.54) is 0 Å². The molecule has 22 heavy (non-hydrogen) atoms. The summed E-state index contributed by atoms with van der Waals surface area (Å²) in [5, 5.41) is 10.6. The summed E-state index contributed by atoms with van der Waals surface area (Å²) in [6, 6.07) is 9.98. The van der Waals surface area contributed by atoms with Crippen LogP contribution in [-0.4, -0.2) is 35.8 Å². The smallest absolute Gasteiger partial charge is 0.224 e. The highest BCUT2D eigenvalue weighted by molar-refractivity contribution is 5.79. The van der Waals surface area contributed by atoms with Crippen molar-refractivity contribution in [3.8, 4) is 5.69 Å². The molecule has 0 radical (unpaired) electrons. The van der Waals surface area contributed by atoms with Crippen LogP contribution in [-0.2, 0) is 11.2 Å². The van der Waals surface area contributed by atoms with Crippen molar-refractivity contribution < 1.29 is 4.79 Å². The lowest BCUT2D eigenvalue weighted by Gasteiger charge is -2.07. The molecule has 2 N–H and O–H groups in total. The van der Waals surface area contributed by atoms with Crippen LogP contribution in [0.2, 0.25) is 0 Å². The minimum atomic E-state index is 0.0508. The third-order valence-corrected chi connectivity index (χ3v) is 3.70. The molecule has 0 atom stereocenters. The van der Waals surface area contributed by atoms with E-state index in [0.29, 0.717) is 13.0 Å². The maximum absolute atomic E-state index is 12.1. The summed E-state index contributed by atoms with van der Waals surface area (Å²) in [5.41, 5.74) is 3.96. The van der Waals surface area contributed by atoms with E-state index in [1.54, 1.807) is 0 Å². The largest absolute Gasteiger partial charge is 0.356 e. The van der Waals surface area contributed by atoms with Crippen molar-refractivity contribution in [1.29, 1.82) is 0 Å². The monoisotopic (exact) mass is 300 g/mol. The summed E-state index contributed by atoms with van der Waals surface area (Å²) >= 11 is 0. The number of nitrogens with one attached hydrogen (secondary N) is 2. The molecule has 1 amide bonds. The van der Waals surface area contributed by atoms with Gasteiger partial charge in [0.25, 0.3) is 0 Å². The quantitative estimate of drug-likeness (QED) is 0.766. The molecule has 0 bridgehead atoms. The molecule has 1 heterocycles. The molecule has 0 fully saturated rings. The Bertz CT molecular complexity index is 619. The number of para-hydroxylation sites is 1. The molecule has 0 aliphatic heterocycles. The third kappa shape index (κ3) is 3.95. The first kappa shape index (κ1) is 16.2. The van der Waals surface area contributed by atoms with Gasteiger partial charge in [-0.2, -0.15) is 5.10 Å². The summed E-state index contributed by atoms with van der Waals surface area (Å²) in [5.74, 6) is 0.0508. The van der Waals surface area contributed by atoms with Gasteiger partial charge in [-0.1, -0.05) is 18.2 Å². The minimum absolute atomic E-state index is 0.0508. The maximum Gasteiger partial charge on any atom is 0.224 e. The Labute approximate surface area is 131 Å². The van der Waals surface area contributed by atoms with Crippen LogP contribution in [0.3, 0.4) is 0 Å². The topological polar surface area (TPSA) is 58.9 Å². The number of aryl methyl sites for hydroxylation is 1. The molecule has 0 saturated heterocycles. The van der Waals surface area contributed by atoms with Crippen LogP contribution in [0, 0.1) is 13.8 Å². The van der Waals surface area contributed by atoms with Crippen LogP contribution < -0.4 is 10.6 Å². The highest BCUT2D eigenvalue weighted by Crippen LogP contribution is 2.18. The Hall–Kier alpha value is -2.14. The Balaban J connectivity index is 2.06. The molecule has 2 rings (SSSR count). The molecule has 2 aromatic rings. The van der Waals surface area contributed by atoms with Gasteiger partial charge in [-0.15, -0.1) is 0 Å². The van der Waals surface area contributed by atoms with Crippen molar-refractivity contribution in [3.05, 3.63) is 47.3 Å². The molecule has 0 unspecified atom stereocenters. The number of carbonyl (C=O) groups excluding carboxylic acids is 1. The van der Waals surface area contributed by atoms with Crippen LogP contribution in [0.25, 0.3) is 5.69 Å². The average Bonchev–Trinajstić information content (AvgIpc) is 2.80. The third-order valence-electron chi connectivity index (χ3n) is 3.70. The van der Waals surface area contributed by atoms with Gasteiger partial charge in [-0.25, -0.2) is 4.68 Å². The van der Waals surface area contributed by atoms with Crippen LogP contribution >= 0.6 is 0 Å². The molecule has 0 spiro atoms. The van der Waals surface area contributed by atoms with E-state index in [1.807, 2.05) is 55.9 Å². The van der Waals surface area contributed by atoms with Gasteiger partial charge in [0.2, 0.25) is 5.91 Å². The number of hydrogen-bond donors (Lipinski definition) is 2. The first-order valence-electron chi connectivity index (χ1n) is 7.65. The predicted octanol–water partition coefficient (Wildman–Crippen LogP) is 1.76. The molecule has 1 aromatic carbocycles. The van der Waals surface area contributed by atoms with Crippen LogP contribution in [0.15, 0.2) is 30.3 Å². The van der Waals surface area contributed by atoms with Crippen molar-refractivity contribution in [3.63, 3.8) is 0 Å². The number of rotatable bonds is 7. The number of hydrogen-bond acceptors (Lipinski definition) is 3. The van der Waals surface area contributed by atoms with E-state index in [4.69, 9.17) is 0 Å². The van der Waals surface area contributed by atoms with Crippen molar-refractivity contribution >= 4 is 5.91 Å². The number of benzene rings is 1. The molecule has 0 saturated carbocycles. The van der Waals surface area contributed by atoms with E-state index in [2.05, 4.69) is 15.7 Å². The van der Waals surface area contributed by atoms with E-state index in [-0.39, 0.29) is 5.91 Å². The number of amides is 1. The maximum atomic E-state index is 12.1. The van der Waals surface area contributed by atoms with Crippen molar-refractivity contribution in [2.24, 2.45) is 0 Å². The Morgan fingerprint density at radius 3 is 2.59 bits per heavy atom. The Kier molecular flexibility index (Phi) is 5.72. The normalized spacial score (nSPS) is 10.7. The molecule has 0 aliphatic rings. The molecule has 0 aliphatic carbocycles. The first-order chi connectivity index (χ1) is 10.6. The van der Waals surface area contributed by atoms with E-state index < -0.39 is 0 Å². The highest BCUT2D eigenvalue weighted by Gasteiger charge is 2.15. The second kappa shape index (κ2) is 7.75. The van der Waals surface area contributed by atoms with Crippen LogP contribution in [0.5, 0.6) is 0 Å². The van der Waals surface area contributed by atoms with Crippen molar-refractivity contribution in [2.75, 3.05) is 20.1 Å². The zero-order chi connectivity index (χ0) is 15.9. The molecule has 1 aromatic heterocycles. The molecule has 118 valence electrons. The van der Waals surface area contributed by atoms with Gasteiger partial charge >= 0.3 is 0 Å². The summed E-state index contributed by atoms with van der Waals surface area (Å²) in [7, 11) is 1.91. The first-order valence-corrected chi connectivity index (χ1v) is 7.65. The lowest BCUT2D eigenvalue weighted by molar-refractivity contribution is -0.120. The van der Waals surface area contributed by atoms with Crippen LogP contribution in [0.1, 0.15) is 23.4 Å². The van der Waals surface area contributed by atoms with Crippen molar-refractivity contribution in [1.82, 2.24) is 20.4 Å². The zero-order valence-corrected chi connectivity index (χ0v) is 13.5. The summed E-state index contributed by atoms with van der Waals surface area (Å²) in [4.78, 5) is 12.1. The number of nitrogens with zero attached hydrogens (tertiary/aromatic N) is 2. The Morgan fingerprint density at radius 2 is 1.91 bits per heavy atom. The second-order valence-electron chi connectivity index (χ2n) is 5.38. The summed E-state index contributed by atoms with van der Waals surface area (Å²) in [6.45, 7) is 5.57. The molecule has 5 heteroatoms. The van der Waals surface area contributed by atoms with Gasteiger partial charge in [0.15, 0.2) is 0 Å². The zero-order valence-electron chi connectivity index (χ0n) is 13.5. The van der Waals surface area contributed by atoms with Gasteiger partial charge in [-0.05, 0) is 46.0 Å². The summed E-state index contributed by atoms with van der Waals surface area (Å²) < 4.78 is 1.90. The number of carbonyl (C=O) groups is 1. The summed E-state index contributed by atoms with van der Waals surface area (Å²) in [6.07, 6.45) is 1.31. The van der Waals surface area contributed by atoms with E-state index >= 15 is 0 Å². The fraction of sp³-hybridized carbons (Fsp3) is 0.412. The fourth-order valence-corrected chi connectivity index (χ4v) is 2.47. The van der Waals surface area contributed by atoms with Gasteiger partial charge in [-0.3, -0.25) is 4.79 Å². The molecular formula is C17H24N4O. The minimum Gasteiger partial charge on any atom is -0.356 e. The lowest BCUT2D eigenvalue weighted by atomic mass is 10.1. The van der Waals surface area contributed by atoms with Gasteiger partial charge in [0, 0.05) is 17.8 Å². The Morgan fingerprint density at radius 1 is 1.18 bits per heavy atom. The van der Waals surface area contributed by atoms with Gasteiger partial charge in [0.1, 0.15) is 0 Å². The second-order valence-corrected chi connectivity index (χ2v) is 5.38. The van der Waals surface area contributed by atoms with Crippen LogP contribution in [0.4, 0.5) is 0 Å².